The van der Waals surface area contributed by atoms with Gasteiger partial charge in [0.15, 0.2) is 0 Å². The number of nitrogens with zero attached hydrogens (tertiary/aromatic N) is 1. The Morgan fingerprint density at radius 3 is 2.83 bits per heavy atom. The maximum Gasteiger partial charge on any atom is 0.331 e. The van der Waals surface area contributed by atoms with E-state index in [4.69, 9.17) is 21.4 Å². The highest BCUT2D eigenvalue weighted by molar-refractivity contribution is 6.32. The van der Waals surface area contributed by atoms with Gasteiger partial charge < -0.3 is 9.84 Å². The van der Waals surface area contributed by atoms with E-state index in [1.807, 2.05) is 0 Å². The van der Waals surface area contributed by atoms with E-state index in [0.717, 1.165) is 0 Å². The minimum atomic E-state index is -1.05. The second-order valence-electron chi connectivity index (χ2n) is 3.38. The zero-order valence-corrected chi connectivity index (χ0v) is 10.2. The highest BCUT2D eigenvalue weighted by Gasteiger charge is 2.10. The van der Waals surface area contributed by atoms with Gasteiger partial charge in [-0.2, -0.15) is 0 Å². The number of non-ortho nitro benzene ring substituents is 1. The number of hydrogen-bond acceptors (Lipinski definition) is 4. The highest BCUT2D eigenvalue weighted by Crippen LogP contribution is 2.28. The average molecular weight is 272 g/mol. The first-order valence-electron chi connectivity index (χ1n) is 4.88. The number of benzene rings is 1. The van der Waals surface area contributed by atoms with Crippen LogP contribution in [0.15, 0.2) is 29.8 Å². The molecular weight excluding hydrogens is 262 g/mol. The molecule has 0 atom stereocenters. The van der Waals surface area contributed by atoms with Crippen LogP contribution in [0.4, 0.5) is 5.69 Å². The molecule has 6 nitrogen and oxygen atoms in total. The number of carbonyl (C=O) groups is 1. The van der Waals surface area contributed by atoms with E-state index in [0.29, 0.717) is 0 Å². The zero-order valence-electron chi connectivity index (χ0n) is 9.42. The van der Waals surface area contributed by atoms with Crippen LogP contribution >= 0.6 is 11.6 Å². The van der Waals surface area contributed by atoms with Gasteiger partial charge in [0.1, 0.15) is 12.4 Å². The number of rotatable bonds is 5. The van der Waals surface area contributed by atoms with Crippen molar-refractivity contribution in [1.29, 1.82) is 0 Å². The molecule has 1 N–H and O–H groups in total. The smallest absolute Gasteiger partial charge is 0.331 e. The summed E-state index contributed by atoms with van der Waals surface area (Å²) in [6.45, 7) is 1.39. The van der Waals surface area contributed by atoms with Crippen molar-refractivity contribution >= 4 is 23.3 Å². The predicted molar refractivity (Wildman–Crippen MR) is 65.0 cm³/mol. The summed E-state index contributed by atoms with van der Waals surface area (Å²) in [5.41, 5.74) is -0.0233. The van der Waals surface area contributed by atoms with Crippen molar-refractivity contribution in [2.75, 3.05) is 6.61 Å². The van der Waals surface area contributed by atoms with Crippen LogP contribution in [0.25, 0.3) is 0 Å². The van der Waals surface area contributed by atoms with E-state index in [1.165, 1.54) is 31.2 Å². The lowest BCUT2D eigenvalue weighted by Gasteiger charge is -2.05. The second kappa shape index (κ2) is 6.02. The van der Waals surface area contributed by atoms with Crippen LogP contribution in [-0.4, -0.2) is 22.6 Å². The van der Waals surface area contributed by atoms with Crippen molar-refractivity contribution in [3.8, 4) is 5.75 Å². The summed E-state index contributed by atoms with van der Waals surface area (Å²) in [4.78, 5) is 20.5. The topological polar surface area (TPSA) is 89.7 Å². The lowest BCUT2D eigenvalue weighted by atomic mass is 10.3. The number of nitro benzene ring substituents is 1. The molecule has 0 aliphatic heterocycles. The molecule has 0 unspecified atom stereocenters. The van der Waals surface area contributed by atoms with Gasteiger partial charge in [0, 0.05) is 11.6 Å². The van der Waals surface area contributed by atoms with Crippen LogP contribution in [0.3, 0.4) is 0 Å². The van der Waals surface area contributed by atoms with E-state index in [9.17, 15) is 14.9 Å². The van der Waals surface area contributed by atoms with Crippen molar-refractivity contribution in [1.82, 2.24) is 0 Å². The Balaban J connectivity index is 2.78. The van der Waals surface area contributed by atoms with E-state index in [-0.39, 0.29) is 28.6 Å². The molecule has 1 rings (SSSR count). The number of nitro groups is 1. The van der Waals surface area contributed by atoms with Crippen LogP contribution in [0, 0.1) is 10.1 Å². The molecule has 0 radical (unpaired) electrons. The molecular formula is C11H10ClNO5. The van der Waals surface area contributed by atoms with Crippen LogP contribution in [0.2, 0.25) is 5.02 Å². The first kappa shape index (κ1) is 14.0. The Kier molecular flexibility index (Phi) is 4.67. The van der Waals surface area contributed by atoms with E-state index in [1.54, 1.807) is 0 Å². The fourth-order valence-corrected chi connectivity index (χ4v) is 1.23. The summed E-state index contributed by atoms with van der Waals surface area (Å²) in [5, 5.41) is 19.4. The normalized spacial score (nSPS) is 11.1. The lowest BCUT2D eigenvalue weighted by Crippen LogP contribution is -2.01. The first-order valence-corrected chi connectivity index (χ1v) is 5.26. The van der Waals surface area contributed by atoms with Crippen LogP contribution in [0.1, 0.15) is 6.92 Å². The molecule has 7 heteroatoms. The molecule has 0 fully saturated rings. The number of carboxylic acid groups (broad SMARTS) is 1. The van der Waals surface area contributed by atoms with Gasteiger partial charge in [0.05, 0.1) is 16.0 Å². The average Bonchev–Trinajstić information content (AvgIpc) is 2.30. The SMILES string of the molecule is CC(=CCOc1cc([N+](=O)[O-])ccc1Cl)C(=O)O. The molecule has 0 aliphatic carbocycles. The summed E-state index contributed by atoms with van der Waals surface area (Å²) in [7, 11) is 0. The van der Waals surface area contributed by atoms with Gasteiger partial charge in [0.2, 0.25) is 0 Å². The van der Waals surface area contributed by atoms with Gasteiger partial charge in [-0.15, -0.1) is 0 Å². The van der Waals surface area contributed by atoms with Crippen molar-refractivity contribution in [2.45, 2.75) is 6.92 Å². The molecule has 0 bridgehead atoms. The number of halogens is 1. The van der Waals surface area contributed by atoms with Crippen molar-refractivity contribution in [2.24, 2.45) is 0 Å². The van der Waals surface area contributed by atoms with Gasteiger partial charge >= 0.3 is 5.97 Å². The summed E-state index contributed by atoms with van der Waals surface area (Å²) in [6.07, 6.45) is 1.34. The highest BCUT2D eigenvalue weighted by atomic mass is 35.5. The fourth-order valence-electron chi connectivity index (χ4n) is 1.06. The van der Waals surface area contributed by atoms with Gasteiger partial charge in [-0.05, 0) is 19.1 Å². The fraction of sp³-hybridized carbons (Fsp3) is 0.182. The van der Waals surface area contributed by atoms with Crippen LogP contribution in [0.5, 0.6) is 5.75 Å². The molecule has 0 aromatic heterocycles. The maximum atomic E-state index is 10.6. The third-order valence-corrected chi connectivity index (χ3v) is 2.40. The lowest BCUT2D eigenvalue weighted by molar-refractivity contribution is -0.384. The first-order chi connectivity index (χ1) is 8.41. The van der Waals surface area contributed by atoms with Gasteiger partial charge in [-0.3, -0.25) is 10.1 Å². The molecule has 0 spiro atoms. The summed E-state index contributed by atoms with van der Waals surface area (Å²) in [5.74, 6) is -0.913. The Bertz CT molecular complexity index is 512. The van der Waals surface area contributed by atoms with Crippen LogP contribution < -0.4 is 4.74 Å². The summed E-state index contributed by atoms with van der Waals surface area (Å²) < 4.78 is 5.17. The number of aliphatic carboxylic acids is 1. The quantitative estimate of drug-likeness (QED) is 0.505. The maximum absolute atomic E-state index is 10.6. The molecule has 0 saturated heterocycles. The third-order valence-electron chi connectivity index (χ3n) is 2.09. The molecule has 0 aliphatic rings. The predicted octanol–water partition coefficient (Wildman–Crippen LogP) is 2.66. The van der Waals surface area contributed by atoms with Crippen LogP contribution in [-0.2, 0) is 4.79 Å². The Hall–Kier alpha value is -2.08. The van der Waals surface area contributed by atoms with Crippen molar-refractivity contribution in [3.05, 3.63) is 45.0 Å². The molecule has 0 saturated carbocycles. The van der Waals surface area contributed by atoms with Gasteiger partial charge in [-0.1, -0.05) is 11.6 Å². The Morgan fingerprint density at radius 2 is 2.28 bits per heavy atom. The largest absolute Gasteiger partial charge is 0.488 e. The number of hydrogen-bond donors (Lipinski definition) is 1. The second-order valence-corrected chi connectivity index (χ2v) is 3.78. The third kappa shape index (κ3) is 3.74. The summed E-state index contributed by atoms with van der Waals surface area (Å²) in [6, 6.07) is 3.79. The molecule has 96 valence electrons. The van der Waals surface area contributed by atoms with Gasteiger partial charge in [-0.25, -0.2) is 4.79 Å². The molecule has 0 amide bonds. The molecule has 1 aromatic rings. The van der Waals surface area contributed by atoms with E-state index in [2.05, 4.69) is 0 Å². The Labute approximate surface area is 108 Å². The number of ether oxygens (including phenoxy) is 1. The number of carboxylic acids is 1. The molecule has 0 heterocycles. The minimum absolute atomic E-state index is 0.0287. The molecule has 18 heavy (non-hydrogen) atoms. The minimum Gasteiger partial charge on any atom is -0.488 e. The summed E-state index contributed by atoms with van der Waals surface area (Å²) >= 11 is 5.79. The standard InChI is InChI=1S/C11H10ClNO5/c1-7(11(14)15)4-5-18-10-6-8(13(16)17)2-3-9(10)12/h2-4,6H,5H2,1H3,(H,14,15). The molecule has 1 aromatic carbocycles. The Morgan fingerprint density at radius 1 is 1.61 bits per heavy atom. The van der Waals surface area contributed by atoms with Crippen molar-refractivity contribution in [3.63, 3.8) is 0 Å². The van der Waals surface area contributed by atoms with E-state index >= 15 is 0 Å². The van der Waals surface area contributed by atoms with Gasteiger partial charge in [0.25, 0.3) is 5.69 Å². The van der Waals surface area contributed by atoms with E-state index < -0.39 is 10.9 Å². The zero-order chi connectivity index (χ0) is 13.7. The van der Waals surface area contributed by atoms with Crippen molar-refractivity contribution < 1.29 is 19.6 Å². The monoisotopic (exact) mass is 271 g/mol.